The van der Waals surface area contributed by atoms with E-state index in [0.29, 0.717) is 30.2 Å². The first-order chi connectivity index (χ1) is 19.1. The third kappa shape index (κ3) is 8.98. The molecule has 2 N–H and O–H groups in total. The number of carbonyl (C=O) groups excluding carboxylic acids is 2. The number of likely N-dealkylation sites (N-methyl/N-ethyl adjacent to an activating group) is 1. The quantitative estimate of drug-likeness (QED) is 0.232. The molecule has 3 rings (SSSR count). The molecule has 0 spiro atoms. The molecule has 214 valence electrons. The molecule has 40 heavy (non-hydrogen) atoms. The van der Waals surface area contributed by atoms with Crippen molar-refractivity contribution in [3.05, 3.63) is 77.6 Å². The van der Waals surface area contributed by atoms with Crippen LogP contribution in [0.15, 0.2) is 60.8 Å². The monoisotopic (exact) mass is 558 g/mol. The van der Waals surface area contributed by atoms with E-state index in [-0.39, 0.29) is 30.4 Å². The van der Waals surface area contributed by atoms with Gasteiger partial charge in [0.25, 0.3) is 0 Å². The van der Waals surface area contributed by atoms with E-state index in [1.807, 2.05) is 13.8 Å². The first-order valence-electron chi connectivity index (χ1n) is 13.0. The number of hydrogen-bond donors (Lipinski definition) is 2. The maximum absolute atomic E-state index is 13.3. The Bertz CT molecular complexity index is 1280. The maximum Gasteiger partial charge on any atom is 0.416 e. The predicted molar refractivity (Wildman–Crippen MR) is 146 cm³/mol. The third-order valence-corrected chi connectivity index (χ3v) is 6.06. The van der Waals surface area contributed by atoms with Gasteiger partial charge in [0.1, 0.15) is 29.5 Å². The zero-order valence-electron chi connectivity index (χ0n) is 22.7. The lowest BCUT2D eigenvalue weighted by molar-refractivity contribution is -0.137. The summed E-state index contributed by atoms with van der Waals surface area (Å²) in [6, 6.07) is 12.4. The van der Waals surface area contributed by atoms with Gasteiger partial charge < -0.3 is 25.0 Å². The highest BCUT2D eigenvalue weighted by Gasteiger charge is 2.31. The number of urea groups is 1. The molecule has 1 aromatic heterocycles. The van der Waals surface area contributed by atoms with Gasteiger partial charge in [-0.25, -0.2) is 4.79 Å². The summed E-state index contributed by atoms with van der Waals surface area (Å²) >= 11 is 0. The Labute approximate surface area is 231 Å². The Morgan fingerprint density at radius 2 is 1.68 bits per heavy atom. The number of ketones is 1. The van der Waals surface area contributed by atoms with Crippen molar-refractivity contribution in [1.82, 2.24) is 15.2 Å². The smallest absolute Gasteiger partial charge is 0.416 e. The molecule has 0 unspecified atom stereocenters. The number of anilines is 1. The van der Waals surface area contributed by atoms with Gasteiger partial charge in [-0.05, 0) is 55.1 Å². The first-order valence-corrected chi connectivity index (χ1v) is 13.0. The van der Waals surface area contributed by atoms with Crippen LogP contribution in [0.4, 0.5) is 23.7 Å². The van der Waals surface area contributed by atoms with Gasteiger partial charge in [0.2, 0.25) is 0 Å². The molecule has 0 saturated carbocycles. The average molecular weight is 559 g/mol. The number of alkyl halides is 3. The lowest BCUT2D eigenvalue weighted by Gasteiger charge is -2.20. The van der Waals surface area contributed by atoms with Crippen molar-refractivity contribution in [2.45, 2.75) is 39.9 Å². The molecule has 1 heterocycles. The van der Waals surface area contributed by atoms with Crippen molar-refractivity contribution in [1.29, 1.82) is 0 Å². The van der Waals surface area contributed by atoms with Crippen LogP contribution in [-0.4, -0.2) is 47.9 Å². The fraction of sp³-hybridized carbons (Fsp3) is 0.345. The molecule has 0 atom stereocenters. The summed E-state index contributed by atoms with van der Waals surface area (Å²) < 4.78 is 51.4. The van der Waals surface area contributed by atoms with Crippen LogP contribution in [0.2, 0.25) is 0 Å². The van der Waals surface area contributed by atoms with Crippen molar-refractivity contribution in [2.75, 3.05) is 31.6 Å². The second kappa shape index (κ2) is 14.3. The number of aromatic nitrogens is 1. The molecule has 3 aromatic rings. The fourth-order valence-electron chi connectivity index (χ4n) is 3.72. The minimum atomic E-state index is -4.57. The van der Waals surface area contributed by atoms with Gasteiger partial charge in [0.05, 0.1) is 11.3 Å². The molecule has 2 amide bonds. The lowest BCUT2D eigenvalue weighted by atomic mass is 10.1. The number of halogens is 3. The Kier molecular flexibility index (Phi) is 10.9. The molecule has 0 bridgehead atoms. The Balaban J connectivity index is 1.60. The topological polar surface area (TPSA) is 92.8 Å². The molecule has 0 radical (unpaired) electrons. The van der Waals surface area contributed by atoms with Gasteiger partial charge in [0.15, 0.2) is 5.78 Å². The normalized spacial score (nSPS) is 11.3. The minimum absolute atomic E-state index is 0.0751. The van der Waals surface area contributed by atoms with Gasteiger partial charge in [-0.1, -0.05) is 32.9 Å². The van der Waals surface area contributed by atoms with E-state index >= 15 is 0 Å². The summed E-state index contributed by atoms with van der Waals surface area (Å²) in [6.07, 6.45) is -2.73. The van der Waals surface area contributed by atoms with E-state index in [4.69, 9.17) is 9.47 Å². The van der Waals surface area contributed by atoms with Crippen LogP contribution in [-0.2, 0) is 12.7 Å². The molecule has 2 aromatic carbocycles. The second-order valence-electron chi connectivity index (χ2n) is 8.79. The number of amides is 2. The van der Waals surface area contributed by atoms with Crippen molar-refractivity contribution in [3.63, 3.8) is 0 Å². The van der Waals surface area contributed by atoms with E-state index in [2.05, 4.69) is 20.5 Å². The predicted octanol–water partition coefficient (Wildman–Crippen LogP) is 6.53. The molecular formula is C29H33F3N4O4. The standard InChI is InChI=1S/C29H33F3N4O4/c1-4-26(37)24-18-23(13-14-33-24)40-22-10-7-20(8-11-22)19-34-28(38)35-25-17-21(29(30,31)32)9-12-27(25)39-16-15-36(5-2)6-3/h7-14,17-18H,4-6,15-16,19H2,1-3H3,(H2,34,35,38). The summed E-state index contributed by atoms with van der Waals surface area (Å²) in [4.78, 5) is 30.6. The van der Waals surface area contributed by atoms with Crippen LogP contribution >= 0.6 is 0 Å². The number of nitrogens with one attached hydrogen (secondary N) is 2. The number of nitrogens with zero attached hydrogens (tertiary/aromatic N) is 2. The zero-order valence-corrected chi connectivity index (χ0v) is 22.7. The largest absolute Gasteiger partial charge is 0.490 e. The Morgan fingerprint density at radius 1 is 0.950 bits per heavy atom. The number of Topliss-reactive ketones (excluding diaryl/α,β-unsaturated/α-hetero) is 1. The maximum atomic E-state index is 13.3. The Morgan fingerprint density at radius 3 is 2.33 bits per heavy atom. The Hall–Kier alpha value is -4.12. The summed E-state index contributed by atoms with van der Waals surface area (Å²) in [5, 5.41) is 5.12. The number of hydrogen-bond acceptors (Lipinski definition) is 6. The molecule has 0 saturated heterocycles. The summed E-state index contributed by atoms with van der Waals surface area (Å²) in [6.45, 7) is 8.38. The van der Waals surface area contributed by atoms with Crippen LogP contribution in [0.3, 0.4) is 0 Å². The lowest BCUT2D eigenvalue weighted by Crippen LogP contribution is -2.29. The average Bonchev–Trinajstić information content (AvgIpc) is 2.94. The highest BCUT2D eigenvalue weighted by atomic mass is 19.4. The molecule has 0 fully saturated rings. The van der Waals surface area contributed by atoms with Crippen LogP contribution in [0.5, 0.6) is 17.2 Å². The van der Waals surface area contributed by atoms with Gasteiger partial charge >= 0.3 is 12.2 Å². The minimum Gasteiger partial charge on any atom is -0.490 e. The van der Waals surface area contributed by atoms with E-state index < -0.39 is 17.8 Å². The number of benzene rings is 2. The van der Waals surface area contributed by atoms with Gasteiger partial charge in [-0.15, -0.1) is 0 Å². The van der Waals surface area contributed by atoms with Crippen molar-refractivity contribution >= 4 is 17.5 Å². The van der Waals surface area contributed by atoms with Gasteiger partial charge in [0, 0.05) is 31.8 Å². The van der Waals surface area contributed by atoms with Crippen LogP contribution in [0, 0.1) is 0 Å². The molecule has 0 aliphatic carbocycles. The summed E-state index contributed by atoms with van der Waals surface area (Å²) in [7, 11) is 0. The van der Waals surface area contributed by atoms with Crippen LogP contribution in [0.25, 0.3) is 0 Å². The number of ether oxygens (including phenoxy) is 2. The van der Waals surface area contributed by atoms with Crippen LogP contribution in [0.1, 0.15) is 48.8 Å². The number of rotatable bonds is 13. The number of carbonyl (C=O) groups is 2. The van der Waals surface area contributed by atoms with E-state index in [9.17, 15) is 22.8 Å². The summed E-state index contributed by atoms with van der Waals surface area (Å²) in [5.74, 6) is 1.04. The highest BCUT2D eigenvalue weighted by molar-refractivity contribution is 5.94. The molecule has 8 nitrogen and oxygen atoms in total. The van der Waals surface area contributed by atoms with Crippen LogP contribution < -0.4 is 20.1 Å². The molecule has 0 aliphatic rings. The van der Waals surface area contributed by atoms with E-state index in [0.717, 1.165) is 30.8 Å². The second-order valence-corrected chi connectivity index (χ2v) is 8.79. The summed E-state index contributed by atoms with van der Waals surface area (Å²) in [5.41, 5.74) is 0.0904. The highest BCUT2D eigenvalue weighted by Crippen LogP contribution is 2.35. The molecular weight excluding hydrogens is 525 g/mol. The SMILES string of the molecule is CCC(=O)c1cc(Oc2ccc(CNC(=O)Nc3cc(C(F)(F)F)ccc3OCCN(CC)CC)cc2)ccn1. The van der Waals surface area contributed by atoms with E-state index in [1.54, 1.807) is 43.3 Å². The van der Waals surface area contributed by atoms with Crippen molar-refractivity contribution in [2.24, 2.45) is 0 Å². The van der Waals surface area contributed by atoms with Gasteiger partial charge in [-0.2, -0.15) is 13.2 Å². The molecule has 0 aliphatic heterocycles. The first kappa shape index (κ1) is 30.4. The van der Waals surface area contributed by atoms with Crippen molar-refractivity contribution in [3.8, 4) is 17.2 Å². The molecule has 11 heteroatoms. The van der Waals surface area contributed by atoms with Crippen molar-refractivity contribution < 1.29 is 32.2 Å². The van der Waals surface area contributed by atoms with Gasteiger partial charge in [-0.3, -0.25) is 9.78 Å². The zero-order chi connectivity index (χ0) is 29.1. The fourth-order valence-corrected chi connectivity index (χ4v) is 3.72. The number of pyridine rings is 1. The third-order valence-electron chi connectivity index (χ3n) is 6.06. The van der Waals surface area contributed by atoms with E-state index in [1.165, 1.54) is 12.3 Å².